The van der Waals surface area contributed by atoms with Crippen molar-refractivity contribution in [3.8, 4) is 0 Å². The first-order valence-electron chi connectivity index (χ1n) is 10.2. The quantitative estimate of drug-likeness (QED) is 0.735. The first-order valence-corrected chi connectivity index (χ1v) is 10.2. The maximum absolute atomic E-state index is 12.8. The van der Waals surface area contributed by atoms with Crippen molar-refractivity contribution in [1.29, 1.82) is 0 Å². The average Bonchev–Trinajstić information content (AvgIpc) is 2.99. The number of nitrogens with zero attached hydrogens (tertiary/aromatic N) is 2. The number of amides is 2. The topological polar surface area (TPSA) is 96.7 Å². The Labute approximate surface area is 167 Å². The number of hydrogen-bond acceptors (Lipinski definition) is 6. The molecule has 2 N–H and O–H groups in total. The second kappa shape index (κ2) is 9.91. The van der Waals surface area contributed by atoms with Crippen molar-refractivity contribution in [2.45, 2.75) is 84.4 Å². The van der Waals surface area contributed by atoms with Crippen LogP contribution in [0.1, 0.15) is 65.6 Å². The Hall–Kier alpha value is -2.09. The van der Waals surface area contributed by atoms with Gasteiger partial charge in [-0.2, -0.15) is 0 Å². The molecule has 1 aliphatic heterocycles. The second-order valence-corrected chi connectivity index (χ2v) is 8.43. The average molecular weight is 395 g/mol. The highest BCUT2D eigenvalue weighted by Crippen LogP contribution is 2.19. The fraction of sp³-hybridized carbons (Fsp3) is 0.750. The molecule has 2 heterocycles. The van der Waals surface area contributed by atoms with Gasteiger partial charge >= 0.3 is 6.09 Å². The third-order valence-corrected chi connectivity index (χ3v) is 4.70. The Kier molecular flexibility index (Phi) is 7.86. The van der Waals surface area contributed by atoms with Crippen molar-refractivity contribution in [2.75, 3.05) is 18.4 Å². The SMILES string of the molecule is CCCCC(C(=O)Nc1cc(C)on1)N1CCC(NC(=O)OC(C)(C)C)CC1. The molecule has 158 valence electrons. The summed E-state index contributed by atoms with van der Waals surface area (Å²) in [6, 6.07) is 1.57. The number of ether oxygens (including phenoxy) is 1. The van der Waals surface area contributed by atoms with E-state index in [-0.39, 0.29) is 24.1 Å². The third-order valence-electron chi connectivity index (χ3n) is 4.70. The van der Waals surface area contributed by atoms with E-state index in [2.05, 4.69) is 27.6 Å². The third kappa shape index (κ3) is 7.14. The van der Waals surface area contributed by atoms with Crippen LogP contribution in [0.4, 0.5) is 10.6 Å². The standard InChI is InChI=1S/C20H34N4O4/c1-6-7-8-16(18(25)22-17-13-14(2)28-23-17)24-11-9-15(10-12-24)21-19(26)27-20(3,4)5/h13,15-16H,6-12H2,1-5H3,(H,21,26)(H,22,23,25). The molecule has 8 nitrogen and oxygen atoms in total. The van der Waals surface area contributed by atoms with E-state index in [4.69, 9.17) is 9.26 Å². The summed E-state index contributed by atoms with van der Waals surface area (Å²) < 4.78 is 10.4. The molecule has 1 aliphatic rings. The van der Waals surface area contributed by atoms with Gasteiger partial charge in [0.2, 0.25) is 5.91 Å². The molecular weight excluding hydrogens is 360 g/mol. The Morgan fingerprint density at radius 3 is 2.57 bits per heavy atom. The van der Waals surface area contributed by atoms with E-state index in [0.29, 0.717) is 11.6 Å². The van der Waals surface area contributed by atoms with Gasteiger partial charge in [0.25, 0.3) is 0 Å². The van der Waals surface area contributed by atoms with Gasteiger partial charge in [0.05, 0.1) is 6.04 Å². The number of unbranched alkanes of at least 4 members (excludes halogenated alkanes) is 1. The number of carbonyl (C=O) groups is 2. The summed E-state index contributed by atoms with van der Waals surface area (Å²) in [7, 11) is 0. The highest BCUT2D eigenvalue weighted by Gasteiger charge is 2.31. The van der Waals surface area contributed by atoms with Gasteiger partial charge in [-0.1, -0.05) is 24.9 Å². The minimum Gasteiger partial charge on any atom is -0.444 e. The van der Waals surface area contributed by atoms with E-state index in [0.717, 1.165) is 45.2 Å². The van der Waals surface area contributed by atoms with Crippen LogP contribution in [0.3, 0.4) is 0 Å². The lowest BCUT2D eigenvalue weighted by molar-refractivity contribution is -0.122. The van der Waals surface area contributed by atoms with Gasteiger partial charge in [0.15, 0.2) is 5.82 Å². The summed E-state index contributed by atoms with van der Waals surface area (Å²) in [5.41, 5.74) is -0.506. The molecule has 28 heavy (non-hydrogen) atoms. The van der Waals surface area contributed by atoms with Gasteiger partial charge in [0, 0.05) is 25.2 Å². The van der Waals surface area contributed by atoms with Crippen molar-refractivity contribution >= 4 is 17.8 Å². The van der Waals surface area contributed by atoms with Crippen LogP contribution in [-0.4, -0.2) is 52.8 Å². The number of alkyl carbamates (subject to hydrolysis) is 1. The lowest BCUT2D eigenvalue weighted by atomic mass is 10.00. The van der Waals surface area contributed by atoms with Crippen LogP contribution < -0.4 is 10.6 Å². The zero-order chi connectivity index (χ0) is 20.7. The van der Waals surface area contributed by atoms with Crippen LogP contribution in [-0.2, 0) is 9.53 Å². The number of carbonyl (C=O) groups excluding carboxylic acids is 2. The van der Waals surface area contributed by atoms with Crippen molar-refractivity contribution in [2.24, 2.45) is 0 Å². The van der Waals surface area contributed by atoms with E-state index >= 15 is 0 Å². The Balaban J connectivity index is 1.89. The van der Waals surface area contributed by atoms with E-state index < -0.39 is 5.60 Å². The number of nitrogens with one attached hydrogen (secondary N) is 2. The summed E-state index contributed by atoms with van der Waals surface area (Å²) in [6.07, 6.45) is 4.00. The predicted octanol–water partition coefficient (Wildman–Crippen LogP) is 3.47. The highest BCUT2D eigenvalue weighted by molar-refractivity contribution is 5.94. The molecule has 2 amide bonds. The van der Waals surface area contributed by atoms with Crippen LogP contribution in [0.15, 0.2) is 10.6 Å². The minimum absolute atomic E-state index is 0.0553. The smallest absolute Gasteiger partial charge is 0.407 e. The molecule has 0 radical (unpaired) electrons. The van der Waals surface area contributed by atoms with Crippen LogP contribution in [0, 0.1) is 6.92 Å². The van der Waals surface area contributed by atoms with Crippen LogP contribution >= 0.6 is 0 Å². The van der Waals surface area contributed by atoms with Crippen LogP contribution in [0.5, 0.6) is 0 Å². The molecule has 1 atom stereocenters. The Morgan fingerprint density at radius 1 is 1.36 bits per heavy atom. The lowest BCUT2D eigenvalue weighted by Crippen LogP contribution is -2.52. The molecule has 2 rings (SSSR count). The minimum atomic E-state index is -0.506. The highest BCUT2D eigenvalue weighted by atomic mass is 16.6. The fourth-order valence-electron chi connectivity index (χ4n) is 3.34. The normalized spacial score (nSPS) is 17.2. The van der Waals surface area contributed by atoms with Gasteiger partial charge < -0.3 is 19.9 Å². The summed E-state index contributed by atoms with van der Waals surface area (Å²) in [6.45, 7) is 11.0. The maximum atomic E-state index is 12.8. The number of aromatic nitrogens is 1. The number of aryl methyl sites for hydroxylation is 1. The number of rotatable bonds is 7. The van der Waals surface area contributed by atoms with Gasteiger partial charge in [-0.05, 0) is 47.0 Å². The van der Waals surface area contributed by atoms with E-state index in [1.165, 1.54) is 0 Å². The Bertz CT molecular complexity index is 645. The molecule has 1 aromatic rings. The van der Waals surface area contributed by atoms with Gasteiger partial charge in [-0.3, -0.25) is 9.69 Å². The summed E-state index contributed by atoms with van der Waals surface area (Å²) in [4.78, 5) is 27.0. The number of hydrogen-bond donors (Lipinski definition) is 2. The van der Waals surface area contributed by atoms with Crippen LogP contribution in [0.2, 0.25) is 0 Å². The van der Waals surface area contributed by atoms with Crippen molar-refractivity contribution < 1.29 is 18.8 Å². The van der Waals surface area contributed by atoms with Crippen molar-refractivity contribution in [3.05, 3.63) is 11.8 Å². The molecule has 8 heteroatoms. The fourth-order valence-corrected chi connectivity index (χ4v) is 3.34. The van der Waals surface area contributed by atoms with Gasteiger partial charge in [0.1, 0.15) is 11.4 Å². The second-order valence-electron chi connectivity index (χ2n) is 8.43. The zero-order valence-electron chi connectivity index (χ0n) is 17.7. The molecule has 0 spiro atoms. The summed E-state index contributed by atoms with van der Waals surface area (Å²) in [5, 5.41) is 9.65. The van der Waals surface area contributed by atoms with Crippen molar-refractivity contribution in [1.82, 2.24) is 15.4 Å². The molecule has 0 aromatic carbocycles. The summed E-state index contributed by atoms with van der Waals surface area (Å²) in [5.74, 6) is 1.06. The molecule has 0 bridgehead atoms. The maximum Gasteiger partial charge on any atom is 0.407 e. The predicted molar refractivity (Wildman–Crippen MR) is 107 cm³/mol. The largest absolute Gasteiger partial charge is 0.444 e. The first kappa shape index (κ1) is 22.2. The van der Waals surface area contributed by atoms with E-state index in [1.807, 2.05) is 20.8 Å². The monoisotopic (exact) mass is 394 g/mol. The summed E-state index contributed by atoms with van der Waals surface area (Å²) >= 11 is 0. The molecule has 0 saturated carbocycles. The zero-order valence-corrected chi connectivity index (χ0v) is 17.7. The van der Waals surface area contributed by atoms with Gasteiger partial charge in [-0.15, -0.1) is 0 Å². The Morgan fingerprint density at radius 2 is 2.04 bits per heavy atom. The van der Waals surface area contributed by atoms with E-state index in [1.54, 1.807) is 13.0 Å². The van der Waals surface area contributed by atoms with E-state index in [9.17, 15) is 9.59 Å². The van der Waals surface area contributed by atoms with Crippen LogP contribution in [0.25, 0.3) is 0 Å². The molecule has 0 aliphatic carbocycles. The molecule has 1 aromatic heterocycles. The number of piperidine rings is 1. The number of likely N-dealkylation sites (tertiary alicyclic amines) is 1. The number of anilines is 1. The van der Waals surface area contributed by atoms with Gasteiger partial charge in [-0.25, -0.2) is 4.79 Å². The van der Waals surface area contributed by atoms with Crippen molar-refractivity contribution in [3.63, 3.8) is 0 Å². The molecule has 1 fully saturated rings. The molecular formula is C20H34N4O4. The lowest BCUT2D eigenvalue weighted by Gasteiger charge is -2.37. The first-order chi connectivity index (χ1) is 13.2. The molecule has 1 unspecified atom stereocenters. The molecule has 1 saturated heterocycles.